The molecule has 0 saturated heterocycles. The summed E-state index contributed by atoms with van der Waals surface area (Å²) in [5.74, 6) is 0. The second-order valence-corrected chi connectivity index (χ2v) is 8.44. The SMILES string of the molecule is Brc1ccc2c3cccc4cccc(c43)c3c4ccccc4c(Br)c1c23. The van der Waals surface area contributed by atoms with Gasteiger partial charge in [0.05, 0.1) is 0 Å². The third-order valence-electron chi connectivity index (χ3n) is 5.52. The van der Waals surface area contributed by atoms with Crippen LogP contribution in [0.25, 0.3) is 53.9 Å². The van der Waals surface area contributed by atoms with Crippen LogP contribution < -0.4 is 0 Å². The van der Waals surface area contributed by atoms with Crippen LogP contribution in [0.3, 0.4) is 0 Å². The zero-order chi connectivity index (χ0) is 17.4. The van der Waals surface area contributed by atoms with Crippen molar-refractivity contribution in [2.24, 2.45) is 0 Å². The van der Waals surface area contributed by atoms with E-state index in [0.717, 1.165) is 8.95 Å². The predicted octanol–water partition coefficient (Wildman–Crippen LogP) is 8.42. The highest BCUT2D eigenvalue weighted by Crippen LogP contribution is 2.48. The van der Waals surface area contributed by atoms with Crippen LogP contribution in [-0.4, -0.2) is 0 Å². The third kappa shape index (κ3) is 1.74. The molecule has 0 nitrogen and oxygen atoms in total. The number of fused-ring (bicyclic) bond motifs is 4. The van der Waals surface area contributed by atoms with Gasteiger partial charge in [-0.25, -0.2) is 0 Å². The molecule has 0 aliphatic heterocycles. The smallest absolute Gasteiger partial charge is 0.0344 e. The van der Waals surface area contributed by atoms with Gasteiger partial charge in [-0.05, 0) is 65.1 Å². The maximum Gasteiger partial charge on any atom is 0.0344 e. The Morgan fingerprint density at radius 1 is 0.423 bits per heavy atom. The Morgan fingerprint density at radius 2 is 1.04 bits per heavy atom. The lowest BCUT2D eigenvalue weighted by atomic mass is 9.87. The quantitative estimate of drug-likeness (QED) is 0.158. The fraction of sp³-hybridized carbons (Fsp3) is 0. The van der Waals surface area contributed by atoms with Gasteiger partial charge in [0.2, 0.25) is 0 Å². The van der Waals surface area contributed by atoms with E-state index >= 15 is 0 Å². The molecule has 0 N–H and O–H groups in total. The van der Waals surface area contributed by atoms with E-state index in [4.69, 9.17) is 0 Å². The zero-order valence-electron chi connectivity index (χ0n) is 13.7. The summed E-state index contributed by atoms with van der Waals surface area (Å²) in [7, 11) is 0. The van der Waals surface area contributed by atoms with E-state index in [2.05, 4.69) is 105 Å². The van der Waals surface area contributed by atoms with E-state index < -0.39 is 0 Å². The van der Waals surface area contributed by atoms with E-state index in [-0.39, 0.29) is 0 Å². The van der Waals surface area contributed by atoms with Crippen molar-refractivity contribution in [3.05, 3.63) is 81.7 Å². The molecule has 2 heteroatoms. The highest BCUT2D eigenvalue weighted by Gasteiger charge is 2.19. The fourth-order valence-electron chi connectivity index (χ4n) is 4.49. The molecule has 0 fully saturated rings. The Morgan fingerprint density at radius 3 is 1.85 bits per heavy atom. The first-order valence-corrected chi connectivity index (χ1v) is 10.2. The van der Waals surface area contributed by atoms with Crippen molar-refractivity contribution in [3.63, 3.8) is 0 Å². The number of benzene rings is 6. The summed E-state index contributed by atoms with van der Waals surface area (Å²) >= 11 is 7.70. The normalized spacial score (nSPS) is 12.2. The molecule has 0 spiro atoms. The number of rotatable bonds is 0. The largest absolute Gasteiger partial charge is 0.0616 e. The summed E-state index contributed by atoms with van der Waals surface area (Å²) in [6.45, 7) is 0. The molecule has 6 aromatic carbocycles. The van der Waals surface area contributed by atoms with Crippen LogP contribution in [0.4, 0.5) is 0 Å². The van der Waals surface area contributed by atoms with Crippen molar-refractivity contribution in [1.29, 1.82) is 0 Å². The molecule has 26 heavy (non-hydrogen) atoms. The predicted molar refractivity (Wildman–Crippen MR) is 121 cm³/mol. The van der Waals surface area contributed by atoms with E-state index in [1.165, 1.54) is 53.9 Å². The Labute approximate surface area is 167 Å². The van der Waals surface area contributed by atoms with Gasteiger partial charge in [0.15, 0.2) is 0 Å². The highest BCUT2D eigenvalue weighted by atomic mass is 79.9. The summed E-state index contributed by atoms with van der Waals surface area (Å²) in [5.41, 5.74) is 0. The molecule has 0 unspecified atom stereocenters. The van der Waals surface area contributed by atoms with Crippen molar-refractivity contribution < 1.29 is 0 Å². The first kappa shape index (κ1) is 15.0. The Bertz CT molecular complexity index is 1490. The molecule has 0 radical (unpaired) electrons. The van der Waals surface area contributed by atoms with Crippen molar-refractivity contribution in [1.82, 2.24) is 0 Å². The van der Waals surface area contributed by atoms with Crippen molar-refractivity contribution in [2.75, 3.05) is 0 Å². The van der Waals surface area contributed by atoms with Crippen molar-refractivity contribution in [2.45, 2.75) is 0 Å². The topological polar surface area (TPSA) is 0 Å². The van der Waals surface area contributed by atoms with Gasteiger partial charge in [0.25, 0.3) is 0 Å². The Balaban J connectivity index is 2.16. The van der Waals surface area contributed by atoms with Gasteiger partial charge in [-0.2, -0.15) is 0 Å². The number of hydrogen-bond donors (Lipinski definition) is 0. The standard InChI is InChI=1S/C24H12Br2/c25-19-12-11-16-14-9-3-5-13-6-4-10-18(20(13)14)21-15-7-1-2-8-17(15)24(26)23(19)22(16)21/h1-12H. The average molecular weight is 460 g/mol. The lowest BCUT2D eigenvalue weighted by Gasteiger charge is -2.18. The van der Waals surface area contributed by atoms with Crippen LogP contribution in [0.1, 0.15) is 0 Å². The number of hydrogen-bond acceptors (Lipinski definition) is 0. The van der Waals surface area contributed by atoms with E-state index in [1.807, 2.05) is 0 Å². The molecule has 0 atom stereocenters. The molecule has 0 saturated carbocycles. The summed E-state index contributed by atoms with van der Waals surface area (Å²) in [6.07, 6.45) is 0. The fourth-order valence-corrected chi connectivity index (χ4v) is 6.04. The van der Waals surface area contributed by atoms with Crippen LogP contribution in [0.2, 0.25) is 0 Å². The second kappa shape index (κ2) is 5.18. The zero-order valence-corrected chi connectivity index (χ0v) is 16.9. The van der Waals surface area contributed by atoms with Crippen LogP contribution >= 0.6 is 31.9 Å². The van der Waals surface area contributed by atoms with Crippen LogP contribution in [-0.2, 0) is 0 Å². The monoisotopic (exact) mass is 458 g/mol. The number of halogens is 2. The first-order valence-electron chi connectivity index (χ1n) is 8.60. The maximum absolute atomic E-state index is 3.90. The summed E-state index contributed by atoms with van der Waals surface area (Å²) < 4.78 is 2.29. The van der Waals surface area contributed by atoms with Crippen molar-refractivity contribution >= 4 is 85.7 Å². The van der Waals surface area contributed by atoms with Crippen molar-refractivity contribution in [3.8, 4) is 0 Å². The molecule has 6 rings (SSSR count). The Hall–Kier alpha value is -2.16. The van der Waals surface area contributed by atoms with E-state index in [1.54, 1.807) is 0 Å². The first-order chi connectivity index (χ1) is 12.8. The summed E-state index contributed by atoms with van der Waals surface area (Å²) in [6, 6.07) is 26.4. The summed E-state index contributed by atoms with van der Waals surface area (Å²) in [4.78, 5) is 0. The van der Waals surface area contributed by atoms with Crippen LogP contribution in [0.15, 0.2) is 81.7 Å². The summed E-state index contributed by atoms with van der Waals surface area (Å²) in [5, 5.41) is 13.1. The van der Waals surface area contributed by atoms with Gasteiger partial charge in [0.1, 0.15) is 0 Å². The minimum Gasteiger partial charge on any atom is -0.0616 e. The molecule has 0 aliphatic carbocycles. The maximum atomic E-state index is 3.90. The molecule has 0 heterocycles. The average Bonchev–Trinajstić information content (AvgIpc) is 2.68. The van der Waals surface area contributed by atoms with Gasteiger partial charge < -0.3 is 0 Å². The Kier molecular flexibility index (Phi) is 2.98. The highest BCUT2D eigenvalue weighted by molar-refractivity contribution is 9.11. The molecule has 0 aliphatic rings. The lowest BCUT2D eigenvalue weighted by Crippen LogP contribution is -1.90. The van der Waals surface area contributed by atoms with E-state index in [9.17, 15) is 0 Å². The van der Waals surface area contributed by atoms with Crippen LogP contribution in [0, 0.1) is 0 Å². The van der Waals surface area contributed by atoms with Gasteiger partial charge in [-0.15, -0.1) is 0 Å². The molecule has 122 valence electrons. The molecule has 0 amide bonds. The molecule has 0 bridgehead atoms. The lowest BCUT2D eigenvalue weighted by molar-refractivity contribution is 1.74. The molecular weight excluding hydrogens is 448 g/mol. The minimum atomic E-state index is 1.13. The minimum absolute atomic E-state index is 1.13. The third-order valence-corrected chi connectivity index (χ3v) is 7.01. The van der Waals surface area contributed by atoms with Gasteiger partial charge in [-0.1, -0.05) is 82.7 Å². The van der Waals surface area contributed by atoms with Gasteiger partial charge >= 0.3 is 0 Å². The van der Waals surface area contributed by atoms with Gasteiger partial charge in [-0.3, -0.25) is 0 Å². The van der Waals surface area contributed by atoms with E-state index in [0.29, 0.717) is 0 Å². The van der Waals surface area contributed by atoms with Gasteiger partial charge in [0, 0.05) is 19.7 Å². The second-order valence-electron chi connectivity index (χ2n) is 6.79. The molecular formula is C24H12Br2. The van der Waals surface area contributed by atoms with Crippen LogP contribution in [0.5, 0.6) is 0 Å². The molecule has 6 aromatic rings. The molecule has 0 aromatic heterocycles.